The van der Waals surface area contributed by atoms with Gasteiger partial charge < -0.3 is 9.15 Å². The summed E-state index contributed by atoms with van der Waals surface area (Å²) in [7, 11) is -3.91. The van der Waals surface area contributed by atoms with Gasteiger partial charge in [-0.3, -0.25) is 4.79 Å². The monoisotopic (exact) mass is 435 g/mol. The molecule has 29 heavy (non-hydrogen) atoms. The van der Waals surface area contributed by atoms with Crippen LogP contribution in [0.15, 0.2) is 56.6 Å². The third-order valence-corrected chi connectivity index (χ3v) is 5.98. The molecule has 0 aliphatic heterocycles. The van der Waals surface area contributed by atoms with Crippen LogP contribution in [0.4, 0.5) is 0 Å². The van der Waals surface area contributed by atoms with Gasteiger partial charge in [-0.15, -0.1) is 0 Å². The molecule has 0 amide bonds. The van der Waals surface area contributed by atoms with Crippen LogP contribution >= 0.6 is 11.6 Å². The van der Waals surface area contributed by atoms with Crippen molar-refractivity contribution in [2.75, 3.05) is 6.54 Å². The fourth-order valence-corrected chi connectivity index (χ4v) is 3.95. The number of aryl methyl sites for hydroxylation is 2. The van der Waals surface area contributed by atoms with Gasteiger partial charge in [-0.2, -0.15) is 4.72 Å². The number of esters is 1. The Morgan fingerprint density at radius 3 is 2.59 bits per heavy atom. The largest absolute Gasteiger partial charge is 0.460 e. The second-order valence-corrected chi connectivity index (χ2v) is 8.67. The van der Waals surface area contributed by atoms with E-state index in [0.29, 0.717) is 16.5 Å². The van der Waals surface area contributed by atoms with Crippen LogP contribution in [-0.2, 0) is 26.2 Å². The standard InChI is InChI=1S/C20H18ClNO6S/c1-12-6-17-14(8-19(23)28-18(17)7-13(12)2)11-27-20(24)10-22-29(25,26)16-5-3-4-15(21)9-16/h3-9,22H,10-11H2,1-2H3. The maximum absolute atomic E-state index is 12.2. The molecule has 0 aliphatic rings. The number of carbonyl (C=O) groups excluding carboxylic acids is 1. The summed E-state index contributed by atoms with van der Waals surface area (Å²) in [6.07, 6.45) is 0. The minimum absolute atomic E-state index is 0.0599. The Morgan fingerprint density at radius 2 is 1.86 bits per heavy atom. The van der Waals surface area contributed by atoms with E-state index in [4.69, 9.17) is 20.8 Å². The molecule has 0 radical (unpaired) electrons. The molecule has 7 nitrogen and oxygen atoms in total. The molecule has 1 heterocycles. The Kier molecular flexibility index (Phi) is 6.07. The number of benzene rings is 2. The van der Waals surface area contributed by atoms with Crippen LogP contribution in [0.5, 0.6) is 0 Å². The molecule has 3 aromatic rings. The second kappa shape index (κ2) is 8.36. The fourth-order valence-electron chi connectivity index (χ4n) is 2.68. The lowest BCUT2D eigenvalue weighted by Crippen LogP contribution is -2.30. The molecule has 1 N–H and O–H groups in total. The van der Waals surface area contributed by atoms with Crippen molar-refractivity contribution >= 4 is 38.6 Å². The van der Waals surface area contributed by atoms with Gasteiger partial charge in [0.2, 0.25) is 10.0 Å². The zero-order valence-electron chi connectivity index (χ0n) is 15.7. The second-order valence-electron chi connectivity index (χ2n) is 6.47. The lowest BCUT2D eigenvalue weighted by Gasteiger charge is -2.10. The van der Waals surface area contributed by atoms with Crippen molar-refractivity contribution in [2.24, 2.45) is 0 Å². The van der Waals surface area contributed by atoms with Gasteiger partial charge in [0.15, 0.2) is 0 Å². The molecule has 0 spiro atoms. The number of sulfonamides is 1. The topological polar surface area (TPSA) is 103 Å². The van der Waals surface area contributed by atoms with Gasteiger partial charge in [0, 0.05) is 22.0 Å². The summed E-state index contributed by atoms with van der Waals surface area (Å²) < 4.78 is 36.9. The van der Waals surface area contributed by atoms with Crippen molar-refractivity contribution in [3.63, 3.8) is 0 Å². The van der Waals surface area contributed by atoms with E-state index >= 15 is 0 Å². The van der Waals surface area contributed by atoms with Crippen molar-refractivity contribution in [3.05, 3.63) is 74.6 Å². The summed E-state index contributed by atoms with van der Waals surface area (Å²) in [5.41, 5.74) is 2.27. The quantitative estimate of drug-likeness (QED) is 0.471. The Morgan fingerprint density at radius 1 is 1.14 bits per heavy atom. The molecule has 0 saturated carbocycles. The van der Waals surface area contributed by atoms with Crippen molar-refractivity contribution in [1.29, 1.82) is 0 Å². The molecule has 152 valence electrons. The van der Waals surface area contributed by atoms with E-state index in [2.05, 4.69) is 4.72 Å². The summed E-state index contributed by atoms with van der Waals surface area (Å²) in [6.45, 7) is 3.06. The molecule has 2 aromatic carbocycles. The zero-order chi connectivity index (χ0) is 21.2. The highest BCUT2D eigenvalue weighted by atomic mass is 35.5. The van der Waals surface area contributed by atoms with Crippen LogP contribution in [0.25, 0.3) is 11.0 Å². The highest BCUT2D eigenvalue weighted by molar-refractivity contribution is 7.89. The van der Waals surface area contributed by atoms with Crippen molar-refractivity contribution in [2.45, 2.75) is 25.3 Å². The van der Waals surface area contributed by atoms with Gasteiger partial charge in [0.25, 0.3) is 0 Å². The predicted molar refractivity (Wildman–Crippen MR) is 108 cm³/mol. The first-order chi connectivity index (χ1) is 13.7. The van der Waals surface area contributed by atoms with Crippen LogP contribution in [0, 0.1) is 13.8 Å². The van der Waals surface area contributed by atoms with E-state index in [9.17, 15) is 18.0 Å². The number of fused-ring (bicyclic) bond motifs is 1. The van der Waals surface area contributed by atoms with Crippen molar-refractivity contribution < 1.29 is 22.4 Å². The van der Waals surface area contributed by atoms with Crippen LogP contribution < -0.4 is 10.3 Å². The maximum atomic E-state index is 12.2. The predicted octanol–water partition coefficient (Wildman–Crippen LogP) is 3.08. The summed E-state index contributed by atoms with van der Waals surface area (Å²) in [4.78, 5) is 23.7. The minimum atomic E-state index is -3.91. The molecular weight excluding hydrogens is 418 g/mol. The summed E-state index contributed by atoms with van der Waals surface area (Å²) >= 11 is 5.80. The van der Waals surface area contributed by atoms with E-state index in [1.165, 1.54) is 24.3 Å². The Labute approximate surface area is 172 Å². The Balaban J connectivity index is 1.70. The minimum Gasteiger partial charge on any atom is -0.460 e. The number of halogens is 1. The molecule has 0 atom stereocenters. The number of hydrogen-bond acceptors (Lipinski definition) is 6. The first kappa shape index (κ1) is 21.0. The van der Waals surface area contributed by atoms with E-state index in [1.54, 1.807) is 12.1 Å². The van der Waals surface area contributed by atoms with Crippen molar-refractivity contribution in [1.82, 2.24) is 4.72 Å². The Bertz CT molecular complexity index is 1250. The number of carbonyl (C=O) groups is 1. The van der Waals surface area contributed by atoms with Gasteiger partial charge >= 0.3 is 11.6 Å². The highest BCUT2D eigenvalue weighted by Gasteiger charge is 2.17. The van der Waals surface area contributed by atoms with E-state index < -0.39 is 28.2 Å². The first-order valence-corrected chi connectivity index (χ1v) is 10.5. The molecule has 0 aliphatic carbocycles. The van der Waals surface area contributed by atoms with Gasteiger partial charge in [0.05, 0.1) is 4.90 Å². The summed E-state index contributed by atoms with van der Waals surface area (Å²) in [5, 5.41) is 0.913. The summed E-state index contributed by atoms with van der Waals surface area (Å²) in [6, 6.07) is 10.5. The van der Waals surface area contributed by atoms with E-state index in [0.717, 1.165) is 11.1 Å². The fraction of sp³-hybridized carbons (Fsp3) is 0.200. The SMILES string of the molecule is Cc1cc2oc(=O)cc(COC(=O)CNS(=O)(=O)c3cccc(Cl)c3)c2cc1C. The molecule has 0 saturated heterocycles. The van der Waals surface area contributed by atoms with Crippen LogP contribution in [0.1, 0.15) is 16.7 Å². The van der Waals surface area contributed by atoms with Gasteiger partial charge in [-0.25, -0.2) is 13.2 Å². The highest BCUT2D eigenvalue weighted by Crippen LogP contribution is 2.22. The smallest absolute Gasteiger partial charge is 0.336 e. The van der Waals surface area contributed by atoms with E-state index in [1.807, 2.05) is 19.9 Å². The maximum Gasteiger partial charge on any atom is 0.336 e. The van der Waals surface area contributed by atoms with Crippen LogP contribution in [0.2, 0.25) is 5.02 Å². The average molecular weight is 436 g/mol. The molecule has 0 bridgehead atoms. The lowest BCUT2D eigenvalue weighted by atomic mass is 10.0. The third-order valence-electron chi connectivity index (χ3n) is 4.35. The normalized spacial score (nSPS) is 11.6. The van der Waals surface area contributed by atoms with E-state index in [-0.39, 0.29) is 16.5 Å². The number of nitrogens with one attached hydrogen (secondary N) is 1. The third kappa shape index (κ3) is 5.03. The van der Waals surface area contributed by atoms with Crippen molar-refractivity contribution in [3.8, 4) is 0 Å². The summed E-state index contributed by atoms with van der Waals surface area (Å²) in [5.74, 6) is -0.791. The van der Waals surface area contributed by atoms with Gasteiger partial charge in [0.1, 0.15) is 18.7 Å². The lowest BCUT2D eigenvalue weighted by molar-refractivity contribution is -0.143. The molecule has 3 rings (SSSR count). The zero-order valence-corrected chi connectivity index (χ0v) is 17.3. The number of rotatable bonds is 6. The molecule has 0 unspecified atom stereocenters. The van der Waals surface area contributed by atoms with Gasteiger partial charge in [-0.1, -0.05) is 17.7 Å². The first-order valence-electron chi connectivity index (χ1n) is 8.60. The molecule has 1 aromatic heterocycles. The molecule has 9 heteroatoms. The van der Waals surface area contributed by atoms with Crippen LogP contribution in [0.3, 0.4) is 0 Å². The molecular formula is C20H18ClNO6S. The average Bonchev–Trinajstić information content (AvgIpc) is 2.66. The molecule has 0 fully saturated rings. The van der Waals surface area contributed by atoms with Crippen LogP contribution in [-0.4, -0.2) is 20.9 Å². The Hall–Kier alpha value is -2.68. The number of ether oxygens (including phenoxy) is 1. The number of hydrogen-bond donors (Lipinski definition) is 1. The van der Waals surface area contributed by atoms with Gasteiger partial charge in [-0.05, 0) is 55.3 Å².